The van der Waals surface area contributed by atoms with Gasteiger partial charge in [-0.15, -0.1) is 0 Å². The summed E-state index contributed by atoms with van der Waals surface area (Å²) < 4.78 is 5.60. The summed E-state index contributed by atoms with van der Waals surface area (Å²) in [5.74, 6) is 0.646. The van der Waals surface area contributed by atoms with Crippen LogP contribution in [0.4, 0.5) is 4.79 Å². The summed E-state index contributed by atoms with van der Waals surface area (Å²) >= 11 is 0. The Kier molecular flexibility index (Phi) is 5.86. The van der Waals surface area contributed by atoms with Crippen LogP contribution in [-0.2, 0) is 4.74 Å². The Morgan fingerprint density at radius 3 is 2.66 bits per heavy atom. The van der Waals surface area contributed by atoms with Crippen LogP contribution in [0.25, 0.3) is 10.9 Å². The highest BCUT2D eigenvalue weighted by molar-refractivity contribution is 5.83. The van der Waals surface area contributed by atoms with Crippen molar-refractivity contribution >= 4 is 17.0 Å². The number of aromatic nitrogens is 1. The lowest BCUT2D eigenvalue weighted by atomic mass is 9.89. The third-order valence-electron chi connectivity index (χ3n) is 6.43. The molecule has 1 aromatic carbocycles. The monoisotopic (exact) mass is 397 g/mol. The van der Waals surface area contributed by atoms with Crippen molar-refractivity contribution in [2.24, 2.45) is 0 Å². The van der Waals surface area contributed by atoms with Crippen LogP contribution in [-0.4, -0.2) is 58.7 Å². The first-order valence-electron chi connectivity index (χ1n) is 11.2. The van der Waals surface area contributed by atoms with E-state index in [9.17, 15) is 4.79 Å². The Morgan fingerprint density at radius 2 is 1.90 bits per heavy atom. The predicted molar refractivity (Wildman–Crippen MR) is 117 cm³/mol. The van der Waals surface area contributed by atoms with Crippen molar-refractivity contribution in [3.8, 4) is 0 Å². The minimum absolute atomic E-state index is 0.141. The lowest BCUT2D eigenvalue weighted by Gasteiger charge is -2.34. The van der Waals surface area contributed by atoms with Crippen LogP contribution in [0.2, 0.25) is 0 Å². The standard InChI is InChI=1S/C24H35N3O2/c1-24(2,3)29-23(28)27-13-6-7-19(27)12-16-26-14-10-18(11-15-26)21-17-25-22-9-5-4-8-20(21)22/h4-5,8-9,17-19,25H,6-7,10-16H2,1-3H3/t19-/m0/s1. The Morgan fingerprint density at radius 1 is 1.14 bits per heavy atom. The summed E-state index contributed by atoms with van der Waals surface area (Å²) in [5, 5.41) is 1.38. The molecule has 0 unspecified atom stereocenters. The molecule has 2 aromatic rings. The predicted octanol–water partition coefficient (Wildman–Crippen LogP) is 5.14. The lowest BCUT2D eigenvalue weighted by Crippen LogP contribution is -2.42. The van der Waals surface area contributed by atoms with Gasteiger partial charge in [0.2, 0.25) is 0 Å². The van der Waals surface area contributed by atoms with Crippen molar-refractivity contribution in [2.45, 2.75) is 70.4 Å². The molecule has 1 amide bonds. The van der Waals surface area contributed by atoms with E-state index in [1.807, 2.05) is 25.7 Å². The summed E-state index contributed by atoms with van der Waals surface area (Å²) in [6.07, 6.45) is 7.74. The number of hydrogen-bond acceptors (Lipinski definition) is 3. The SMILES string of the molecule is CC(C)(C)OC(=O)N1CCC[C@H]1CCN1CCC(c2c[nH]c3ccccc23)CC1. The van der Waals surface area contributed by atoms with E-state index < -0.39 is 5.60 Å². The average molecular weight is 398 g/mol. The smallest absolute Gasteiger partial charge is 0.410 e. The maximum absolute atomic E-state index is 12.5. The Balaban J connectivity index is 1.27. The Bertz CT molecular complexity index is 830. The van der Waals surface area contributed by atoms with Crippen molar-refractivity contribution in [3.63, 3.8) is 0 Å². The molecule has 4 rings (SSSR count). The van der Waals surface area contributed by atoms with Gasteiger partial charge in [0.05, 0.1) is 0 Å². The van der Waals surface area contributed by atoms with Gasteiger partial charge in [0.1, 0.15) is 5.60 Å². The topological polar surface area (TPSA) is 48.6 Å². The van der Waals surface area contributed by atoms with Gasteiger partial charge in [0.25, 0.3) is 0 Å². The first kappa shape index (κ1) is 20.3. The second kappa shape index (κ2) is 8.39. The van der Waals surface area contributed by atoms with Gasteiger partial charge in [-0.2, -0.15) is 0 Å². The van der Waals surface area contributed by atoms with Crippen LogP contribution in [0.15, 0.2) is 30.5 Å². The van der Waals surface area contributed by atoms with Crippen molar-refractivity contribution in [2.75, 3.05) is 26.2 Å². The molecule has 0 aliphatic carbocycles. The van der Waals surface area contributed by atoms with Gasteiger partial charge in [-0.1, -0.05) is 18.2 Å². The van der Waals surface area contributed by atoms with Crippen molar-refractivity contribution in [1.82, 2.24) is 14.8 Å². The van der Waals surface area contributed by atoms with Crippen LogP contribution >= 0.6 is 0 Å². The van der Waals surface area contributed by atoms with Crippen LogP contribution in [0.3, 0.4) is 0 Å². The number of H-pyrrole nitrogens is 1. The maximum atomic E-state index is 12.5. The number of nitrogens with zero attached hydrogens (tertiary/aromatic N) is 2. The third-order valence-corrected chi connectivity index (χ3v) is 6.43. The summed E-state index contributed by atoms with van der Waals surface area (Å²) in [4.78, 5) is 20.5. The fraction of sp³-hybridized carbons (Fsp3) is 0.625. The highest BCUT2D eigenvalue weighted by atomic mass is 16.6. The number of hydrogen-bond donors (Lipinski definition) is 1. The van der Waals surface area contributed by atoms with Crippen LogP contribution in [0, 0.1) is 0 Å². The maximum Gasteiger partial charge on any atom is 0.410 e. The van der Waals surface area contributed by atoms with E-state index in [0.29, 0.717) is 12.0 Å². The van der Waals surface area contributed by atoms with Crippen molar-refractivity contribution in [1.29, 1.82) is 0 Å². The molecular weight excluding hydrogens is 362 g/mol. The summed E-state index contributed by atoms with van der Waals surface area (Å²) in [7, 11) is 0. The minimum Gasteiger partial charge on any atom is -0.444 e. The number of para-hydroxylation sites is 1. The number of nitrogens with one attached hydrogen (secondary N) is 1. The second-order valence-electron chi connectivity index (χ2n) is 9.66. The van der Waals surface area contributed by atoms with Gasteiger partial charge >= 0.3 is 6.09 Å². The average Bonchev–Trinajstić information content (AvgIpc) is 3.32. The quantitative estimate of drug-likeness (QED) is 0.777. The fourth-order valence-electron chi connectivity index (χ4n) is 4.93. The highest BCUT2D eigenvalue weighted by Crippen LogP contribution is 2.33. The van der Waals surface area contributed by atoms with E-state index in [1.165, 1.54) is 29.3 Å². The van der Waals surface area contributed by atoms with Gasteiger partial charge in [-0.25, -0.2) is 4.79 Å². The molecule has 0 spiro atoms. The molecule has 2 fully saturated rings. The molecular formula is C24H35N3O2. The molecule has 29 heavy (non-hydrogen) atoms. The first-order chi connectivity index (χ1) is 13.9. The van der Waals surface area contributed by atoms with Gasteiger partial charge in [-0.05, 0) is 83.5 Å². The molecule has 1 aromatic heterocycles. The number of rotatable bonds is 4. The van der Waals surface area contributed by atoms with E-state index in [1.54, 1.807) is 0 Å². The zero-order chi connectivity index (χ0) is 20.4. The van der Waals surface area contributed by atoms with Crippen LogP contribution in [0.1, 0.15) is 64.4 Å². The van der Waals surface area contributed by atoms with Gasteiger partial charge < -0.3 is 19.5 Å². The number of aromatic amines is 1. The fourth-order valence-corrected chi connectivity index (χ4v) is 4.93. The number of benzene rings is 1. The lowest BCUT2D eigenvalue weighted by molar-refractivity contribution is 0.0211. The van der Waals surface area contributed by atoms with E-state index in [2.05, 4.69) is 40.3 Å². The Labute approximate surface area is 174 Å². The molecule has 2 aliphatic rings. The molecule has 0 saturated carbocycles. The van der Waals surface area contributed by atoms with E-state index in [-0.39, 0.29) is 6.09 Å². The number of ether oxygens (including phenoxy) is 1. The number of likely N-dealkylation sites (tertiary alicyclic amines) is 2. The third kappa shape index (κ3) is 4.77. The zero-order valence-electron chi connectivity index (χ0n) is 18.1. The molecule has 1 N–H and O–H groups in total. The highest BCUT2D eigenvalue weighted by Gasteiger charge is 2.32. The summed E-state index contributed by atoms with van der Waals surface area (Å²) in [5.41, 5.74) is 2.30. The van der Waals surface area contributed by atoms with E-state index in [4.69, 9.17) is 4.74 Å². The van der Waals surface area contributed by atoms with Crippen molar-refractivity contribution < 1.29 is 9.53 Å². The summed E-state index contributed by atoms with van der Waals surface area (Å²) in [6, 6.07) is 8.95. The number of carbonyl (C=O) groups excluding carboxylic acids is 1. The molecule has 158 valence electrons. The largest absolute Gasteiger partial charge is 0.444 e. The number of fused-ring (bicyclic) bond motifs is 1. The minimum atomic E-state index is -0.422. The molecule has 2 saturated heterocycles. The van der Waals surface area contributed by atoms with Gasteiger partial charge in [0.15, 0.2) is 0 Å². The molecule has 2 aliphatic heterocycles. The van der Waals surface area contributed by atoms with E-state index >= 15 is 0 Å². The molecule has 0 radical (unpaired) electrons. The molecule has 5 heteroatoms. The van der Waals surface area contributed by atoms with Gasteiger partial charge in [-0.3, -0.25) is 0 Å². The normalized spacial score (nSPS) is 21.8. The molecule has 1 atom stereocenters. The van der Waals surface area contributed by atoms with Crippen LogP contribution in [0.5, 0.6) is 0 Å². The zero-order valence-corrected chi connectivity index (χ0v) is 18.1. The van der Waals surface area contributed by atoms with Gasteiger partial charge in [0, 0.05) is 36.2 Å². The Hall–Kier alpha value is -2.01. The summed E-state index contributed by atoms with van der Waals surface area (Å²) in [6.45, 7) is 10.0. The number of piperidine rings is 1. The molecule has 0 bridgehead atoms. The number of amides is 1. The molecule has 5 nitrogen and oxygen atoms in total. The first-order valence-corrected chi connectivity index (χ1v) is 11.2. The van der Waals surface area contributed by atoms with Crippen LogP contribution < -0.4 is 0 Å². The second-order valence-corrected chi connectivity index (χ2v) is 9.66. The van der Waals surface area contributed by atoms with Crippen molar-refractivity contribution in [3.05, 3.63) is 36.0 Å². The molecule has 3 heterocycles. The number of carbonyl (C=O) groups is 1. The van der Waals surface area contributed by atoms with E-state index in [0.717, 1.165) is 45.4 Å².